The van der Waals surface area contributed by atoms with Crippen LogP contribution in [0.5, 0.6) is 0 Å². The first-order valence-electron chi connectivity index (χ1n) is 6.54. The smallest absolute Gasteiger partial charge is 0.324 e. The molecule has 0 aromatic heterocycles. The van der Waals surface area contributed by atoms with Crippen LogP contribution in [0.25, 0.3) is 0 Å². The van der Waals surface area contributed by atoms with Gasteiger partial charge in [0.1, 0.15) is 0 Å². The van der Waals surface area contributed by atoms with Gasteiger partial charge in [0.15, 0.2) is 0 Å². The molecule has 2 aliphatic heterocycles. The zero-order valence-corrected chi connectivity index (χ0v) is 11.0. The number of hydrogen-bond donors (Lipinski definition) is 1. The van der Waals surface area contributed by atoms with Crippen LogP contribution in [0.15, 0.2) is 0 Å². The van der Waals surface area contributed by atoms with Gasteiger partial charge in [-0.2, -0.15) is 0 Å². The van der Waals surface area contributed by atoms with Gasteiger partial charge in [-0.05, 0) is 6.54 Å². The molecule has 2 atom stereocenters. The molecule has 0 bridgehead atoms. The van der Waals surface area contributed by atoms with E-state index in [-0.39, 0.29) is 24.0 Å². The summed E-state index contributed by atoms with van der Waals surface area (Å²) in [6.45, 7) is 8.50. The highest BCUT2D eigenvalue weighted by Gasteiger charge is 2.31. The number of morpholine rings is 1. The predicted octanol–water partition coefficient (Wildman–Crippen LogP) is -0.105. The number of urea groups is 1. The zero-order valence-electron chi connectivity index (χ0n) is 11.0. The van der Waals surface area contributed by atoms with Crippen molar-refractivity contribution in [1.29, 1.82) is 0 Å². The third-order valence-electron chi connectivity index (χ3n) is 3.55. The van der Waals surface area contributed by atoms with E-state index in [0.29, 0.717) is 19.7 Å². The summed E-state index contributed by atoms with van der Waals surface area (Å²) in [5, 5.41) is 2.37. The number of carbonyl (C=O) groups is 2. The largest absolute Gasteiger partial charge is 0.374 e. The Bertz CT molecular complexity index is 335. The summed E-state index contributed by atoms with van der Waals surface area (Å²) < 4.78 is 5.67. The highest BCUT2D eigenvalue weighted by molar-refractivity contribution is 5.97. The molecule has 1 N–H and O–H groups in total. The fourth-order valence-corrected chi connectivity index (χ4v) is 2.39. The second kappa shape index (κ2) is 5.67. The van der Waals surface area contributed by atoms with Gasteiger partial charge in [-0.15, -0.1) is 0 Å². The van der Waals surface area contributed by atoms with Gasteiger partial charge in [0.25, 0.3) is 0 Å². The molecule has 2 unspecified atom stereocenters. The maximum absolute atomic E-state index is 11.7. The van der Waals surface area contributed by atoms with Gasteiger partial charge < -0.3 is 9.64 Å². The minimum Gasteiger partial charge on any atom is -0.374 e. The number of amides is 3. The maximum Gasteiger partial charge on any atom is 0.324 e. The number of ether oxygens (including phenoxy) is 1. The highest BCUT2D eigenvalue weighted by Crippen LogP contribution is 2.12. The van der Waals surface area contributed by atoms with E-state index >= 15 is 0 Å². The first-order valence-corrected chi connectivity index (χ1v) is 6.54. The summed E-state index contributed by atoms with van der Waals surface area (Å²) in [5.41, 5.74) is 0. The lowest BCUT2D eigenvalue weighted by molar-refractivity contribution is -0.126. The predicted molar refractivity (Wildman–Crippen MR) is 66.1 cm³/mol. The Morgan fingerprint density at radius 3 is 2.89 bits per heavy atom. The minimum atomic E-state index is -0.296. The van der Waals surface area contributed by atoms with Crippen molar-refractivity contribution in [3.05, 3.63) is 0 Å². The van der Waals surface area contributed by atoms with Crippen LogP contribution in [0.3, 0.4) is 0 Å². The third-order valence-corrected chi connectivity index (χ3v) is 3.55. The van der Waals surface area contributed by atoms with Gasteiger partial charge in [-0.25, -0.2) is 4.79 Å². The van der Waals surface area contributed by atoms with Crippen LogP contribution < -0.4 is 5.32 Å². The SMILES string of the molecule is CCN1CCOC(CN2CC(C)C(=O)NC2=O)C1. The van der Waals surface area contributed by atoms with Gasteiger partial charge in [0, 0.05) is 26.2 Å². The molecule has 2 rings (SSSR count). The van der Waals surface area contributed by atoms with Crippen molar-refractivity contribution in [3.8, 4) is 0 Å². The Kier molecular flexibility index (Phi) is 4.19. The molecule has 2 aliphatic rings. The normalized spacial score (nSPS) is 30.4. The average Bonchev–Trinajstić information content (AvgIpc) is 2.36. The molecule has 18 heavy (non-hydrogen) atoms. The molecule has 2 heterocycles. The van der Waals surface area contributed by atoms with Gasteiger partial charge in [0.2, 0.25) is 5.91 Å². The summed E-state index contributed by atoms with van der Waals surface area (Å²) in [7, 11) is 0. The monoisotopic (exact) mass is 255 g/mol. The summed E-state index contributed by atoms with van der Waals surface area (Å²) >= 11 is 0. The molecular formula is C12H21N3O3. The van der Waals surface area contributed by atoms with Crippen LogP contribution in [-0.4, -0.2) is 67.2 Å². The first-order chi connectivity index (χ1) is 8.60. The first kappa shape index (κ1) is 13.3. The number of rotatable bonds is 3. The lowest BCUT2D eigenvalue weighted by Crippen LogP contribution is -2.57. The number of hydrogen-bond acceptors (Lipinski definition) is 4. The van der Waals surface area contributed by atoms with Crippen molar-refractivity contribution in [1.82, 2.24) is 15.1 Å². The van der Waals surface area contributed by atoms with Crippen molar-refractivity contribution in [2.45, 2.75) is 20.0 Å². The molecule has 6 heteroatoms. The number of nitrogens with zero attached hydrogens (tertiary/aromatic N) is 2. The molecule has 0 spiro atoms. The standard InChI is InChI=1S/C12H21N3O3/c1-3-14-4-5-18-10(7-14)8-15-6-9(2)11(16)13-12(15)17/h9-10H,3-8H2,1-2H3,(H,13,16,17). The molecule has 2 fully saturated rings. The van der Waals surface area contributed by atoms with Gasteiger partial charge in [-0.1, -0.05) is 13.8 Å². The van der Waals surface area contributed by atoms with Crippen molar-refractivity contribution in [2.75, 3.05) is 39.3 Å². The van der Waals surface area contributed by atoms with E-state index in [1.54, 1.807) is 4.90 Å². The molecule has 3 amide bonds. The fourth-order valence-electron chi connectivity index (χ4n) is 2.39. The Balaban J connectivity index is 1.88. The summed E-state index contributed by atoms with van der Waals surface area (Å²) in [6.07, 6.45) is 0.0462. The van der Waals surface area contributed by atoms with Crippen LogP contribution in [0.4, 0.5) is 4.79 Å². The second-order valence-electron chi connectivity index (χ2n) is 4.99. The fraction of sp³-hybridized carbons (Fsp3) is 0.833. The van der Waals surface area contributed by atoms with Crippen LogP contribution >= 0.6 is 0 Å². The lowest BCUT2D eigenvalue weighted by Gasteiger charge is -2.37. The molecule has 0 aromatic carbocycles. The van der Waals surface area contributed by atoms with E-state index in [9.17, 15) is 9.59 Å². The van der Waals surface area contributed by atoms with E-state index in [1.165, 1.54) is 0 Å². The van der Waals surface area contributed by atoms with Crippen LogP contribution in [0.2, 0.25) is 0 Å². The Hall–Kier alpha value is -1.14. The molecule has 2 saturated heterocycles. The molecule has 102 valence electrons. The number of imide groups is 1. The topological polar surface area (TPSA) is 61.9 Å². The van der Waals surface area contributed by atoms with Gasteiger partial charge in [-0.3, -0.25) is 15.0 Å². The summed E-state index contributed by atoms with van der Waals surface area (Å²) in [4.78, 5) is 27.0. The number of likely N-dealkylation sites (N-methyl/N-ethyl adjacent to an activating group) is 1. The molecule has 0 saturated carbocycles. The van der Waals surface area contributed by atoms with Gasteiger partial charge in [0.05, 0.1) is 18.6 Å². The van der Waals surface area contributed by atoms with E-state index in [0.717, 1.165) is 19.6 Å². The van der Waals surface area contributed by atoms with Crippen LogP contribution in [0.1, 0.15) is 13.8 Å². The molecule has 6 nitrogen and oxygen atoms in total. The summed E-state index contributed by atoms with van der Waals surface area (Å²) in [6, 6.07) is -0.296. The van der Waals surface area contributed by atoms with Crippen LogP contribution in [0, 0.1) is 5.92 Å². The van der Waals surface area contributed by atoms with E-state index in [2.05, 4.69) is 17.1 Å². The summed E-state index contributed by atoms with van der Waals surface area (Å²) in [5.74, 6) is -0.329. The second-order valence-corrected chi connectivity index (χ2v) is 4.99. The number of nitrogens with one attached hydrogen (secondary N) is 1. The average molecular weight is 255 g/mol. The van der Waals surface area contributed by atoms with E-state index in [4.69, 9.17) is 4.74 Å². The number of carbonyl (C=O) groups excluding carboxylic acids is 2. The molecule has 0 radical (unpaired) electrons. The third kappa shape index (κ3) is 3.00. The highest BCUT2D eigenvalue weighted by atomic mass is 16.5. The van der Waals surface area contributed by atoms with Gasteiger partial charge >= 0.3 is 6.03 Å². The molecule has 0 aliphatic carbocycles. The minimum absolute atomic E-state index is 0.0462. The molecule has 0 aromatic rings. The molecular weight excluding hydrogens is 234 g/mol. The Labute approximate surface area is 107 Å². The lowest BCUT2D eigenvalue weighted by atomic mass is 10.1. The van der Waals surface area contributed by atoms with Crippen molar-refractivity contribution in [3.63, 3.8) is 0 Å². The zero-order chi connectivity index (χ0) is 13.1. The van der Waals surface area contributed by atoms with Crippen LogP contribution in [-0.2, 0) is 9.53 Å². The van der Waals surface area contributed by atoms with E-state index in [1.807, 2.05) is 6.92 Å². The quantitative estimate of drug-likeness (QED) is 0.764. The van der Waals surface area contributed by atoms with Crippen molar-refractivity contribution < 1.29 is 14.3 Å². The van der Waals surface area contributed by atoms with Crippen molar-refractivity contribution >= 4 is 11.9 Å². The Morgan fingerprint density at radius 1 is 1.39 bits per heavy atom. The van der Waals surface area contributed by atoms with E-state index < -0.39 is 0 Å². The van der Waals surface area contributed by atoms with Crippen molar-refractivity contribution in [2.24, 2.45) is 5.92 Å². The maximum atomic E-state index is 11.7. The Morgan fingerprint density at radius 2 is 2.17 bits per heavy atom.